The summed E-state index contributed by atoms with van der Waals surface area (Å²) in [6.07, 6.45) is 3.47. The number of nitrogens with one attached hydrogen (secondary N) is 1. The van der Waals surface area contributed by atoms with Crippen molar-refractivity contribution < 1.29 is 28.5 Å². The highest BCUT2D eigenvalue weighted by Crippen LogP contribution is 2.42. The second kappa shape index (κ2) is 15.1. The minimum Gasteiger partial charge on any atom is -0.493 e. The molecule has 2 saturated heterocycles. The number of nitrogens with zero attached hydrogens (tertiary/aromatic N) is 4. The quantitative estimate of drug-likeness (QED) is 0.148. The molecule has 11 heteroatoms. The van der Waals surface area contributed by atoms with Gasteiger partial charge < -0.3 is 43.4 Å². The van der Waals surface area contributed by atoms with E-state index in [4.69, 9.17) is 23.6 Å². The SMILES string of the molecule is COc1cc(CN2CCC(CCN3CCC(Nc4nc5ccccc5n4Cc4ccc(CO)o4)CC3)(c3ccccc3)C2=O)cc(OC)c1OC. The second-order valence-corrected chi connectivity index (χ2v) is 13.5. The normalized spacial score (nSPS) is 18.4. The van der Waals surface area contributed by atoms with Gasteiger partial charge in [0, 0.05) is 32.2 Å². The number of imidazole rings is 1. The van der Waals surface area contributed by atoms with Gasteiger partial charge in [-0.05, 0) is 79.8 Å². The Morgan fingerprint density at radius 3 is 2.27 bits per heavy atom. The summed E-state index contributed by atoms with van der Waals surface area (Å²) in [6.45, 7) is 4.26. The monoisotopic (exact) mass is 693 g/mol. The van der Waals surface area contributed by atoms with Crippen LogP contribution in [-0.4, -0.2) is 83.9 Å². The van der Waals surface area contributed by atoms with Crippen molar-refractivity contribution in [3.05, 3.63) is 102 Å². The molecule has 51 heavy (non-hydrogen) atoms. The van der Waals surface area contributed by atoms with Crippen LogP contribution in [0.1, 0.15) is 48.3 Å². The first kappa shape index (κ1) is 34.4. The first-order valence-corrected chi connectivity index (χ1v) is 17.7. The summed E-state index contributed by atoms with van der Waals surface area (Å²) in [4.78, 5) is 23.8. The molecule has 3 aromatic carbocycles. The predicted octanol–water partition coefficient (Wildman–Crippen LogP) is 5.83. The van der Waals surface area contributed by atoms with Gasteiger partial charge in [0.25, 0.3) is 0 Å². The third kappa shape index (κ3) is 7.00. The lowest BCUT2D eigenvalue weighted by molar-refractivity contribution is -0.133. The van der Waals surface area contributed by atoms with Crippen LogP contribution in [0.15, 0.2) is 83.3 Å². The van der Waals surface area contributed by atoms with Crippen LogP contribution in [0, 0.1) is 0 Å². The second-order valence-electron chi connectivity index (χ2n) is 13.5. The van der Waals surface area contributed by atoms with Gasteiger partial charge in [0.1, 0.15) is 18.1 Å². The molecule has 0 radical (unpaired) electrons. The summed E-state index contributed by atoms with van der Waals surface area (Å²) in [7, 11) is 4.80. The molecule has 2 fully saturated rings. The van der Waals surface area contributed by atoms with Crippen molar-refractivity contribution in [3.8, 4) is 17.2 Å². The molecule has 2 aliphatic heterocycles. The van der Waals surface area contributed by atoms with E-state index in [0.29, 0.717) is 42.6 Å². The van der Waals surface area contributed by atoms with Crippen LogP contribution < -0.4 is 19.5 Å². The number of anilines is 1. The van der Waals surface area contributed by atoms with E-state index in [1.165, 1.54) is 0 Å². The van der Waals surface area contributed by atoms with Gasteiger partial charge in [0.15, 0.2) is 11.5 Å². The number of likely N-dealkylation sites (tertiary alicyclic amines) is 2. The van der Waals surface area contributed by atoms with Crippen LogP contribution in [0.5, 0.6) is 17.2 Å². The maximum Gasteiger partial charge on any atom is 0.233 e. The Morgan fingerprint density at radius 1 is 0.882 bits per heavy atom. The van der Waals surface area contributed by atoms with E-state index in [0.717, 1.165) is 79.2 Å². The summed E-state index contributed by atoms with van der Waals surface area (Å²) >= 11 is 0. The molecule has 0 saturated carbocycles. The van der Waals surface area contributed by atoms with Crippen molar-refractivity contribution in [1.82, 2.24) is 19.4 Å². The Kier molecular flexibility index (Phi) is 10.2. The Labute approximate surface area is 298 Å². The number of hydrogen-bond donors (Lipinski definition) is 2. The number of furan rings is 1. The smallest absolute Gasteiger partial charge is 0.233 e. The highest BCUT2D eigenvalue weighted by atomic mass is 16.5. The van der Waals surface area contributed by atoms with Crippen LogP contribution >= 0.6 is 0 Å². The molecule has 1 amide bonds. The Balaban J connectivity index is 1.02. The molecule has 7 rings (SSSR count). The average Bonchev–Trinajstić information content (AvgIpc) is 3.87. The molecular formula is C40H47N5O6. The topological polar surface area (TPSA) is 114 Å². The molecule has 1 unspecified atom stereocenters. The lowest BCUT2D eigenvalue weighted by Gasteiger charge is -2.36. The number of amides is 1. The van der Waals surface area contributed by atoms with Crippen molar-refractivity contribution in [3.63, 3.8) is 0 Å². The minimum absolute atomic E-state index is 0.123. The number of fused-ring (bicyclic) bond motifs is 1. The maximum absolute atomic E-state index is 14.4. The number of methoxy groups -OCH3 is 3. The highest BCUT2D eigenvalue weighted by molar-refractivity contribution is 5.90. The van der Waals surface area contributed by atoms with Gasteiger partial charge in [0.2, 0.25) is 17.6 Å². The van der Waals surface area contributed by atoms with Crippen molar-refractivity contribution >= 4 is 22.9 Å². The van der Waals surface area contributed by atoms with Crippen molar-refractivity contribution in [1.29, 1.82) is 0 Å². The van der Waals surface area contributed by atoms with Crippen LogP contribution in [-0.2, 0) is 29.9 Å². The van der Waals surface area contributed by atoms with Gasteiger partial charge in [-0.1, -0.05) is 42.5 Å². The standard InChI is InChI=1S/C40H47N5O6/c1-48-35-23-28(24-36(49-2)37(35)50-3)25-44-22-18-40(38(44)47,29-9-5-4-6-10-29)17-21-43-19-15-30(16-20-43)41-39-42-33-11-7-8-12-34(33)45(39)26-31-13-14-32(27-46)51-31/h4-14,23-24,30,46H,15-22,25-27H2,1-3H3,(H,41,42). The first-order valence-electron chi connectivity index (χ1n) is 17.7. The number of ether oxygens (including phenoxy) is 3. The lowest BCUT2D eigenvalue weighted by atomic mass is 9.76. The summed E-state index contributed by atoms with van der Waals surface area (Å²) in [5.41, 5.74) is 3.40. The molecule has 0 spiro atoms. The molecule has 4 heterocycles. The molecule has 1 atom stereocenters. The summed E-state index contributed by atoms with van der Waals surface area (Å²) < 4.78 is 24.6. The Morgan fingerprint density at radius 2 is 1.59 bits per heavy atom. The Bertz CT molecular complexity index is 1920. The van der Waals surface area contributed by atoms with Crippen LogP contribution in [0.2, 0.25) is 0 Å². The summed E-state index contributed by atoms with van der Waals surface area (Å²) in [5.74, 6) is 4.02. The number of piperidine rings is 1. The average molecular weight is 694 g/mol. The maximum atomic E-state index is 14.4. The number of para-hydroxylation sites is 2. The van der Waals surface area contributed by atoms with Crippen LogP contribution in [0.3, 0.4) is 0 Å². The lowest BCUT2D eigenvalue weighted by Crippen LogP contribution is -2.44. The number of aromatic nitrogens is 2. The highest BCUT2D eigenvalue weighted by Gasteiger charge is 2.47. The molecular weight excluding hydrogens is 646 g/mol. The molecule has 2 N–H and O–H groups in total. The fraction of sp³-hybridized carbons (Fsp3) is 0.400. The van der Waals surface area contributed by atoms with E-state index in [-0.39, 0.29) is 18.6 Å². The number of benzene rings is 3. The number of carbonyl (C=O) groups is 1. The molecule has 0 bridgehead atoms. The van der Waals surface area contributed by atoms with Gasteiger partial charge in [-0.3, -0.25) is 4.79 Å². The number of carbonyl (C=O) groups excluding carboxylic acids is 1. The zero-order valence-electron chi connectivity index (χ0n) is 29.6. The Hall–Kier alpha value is -5.00. The largest absolute Gasteiger partial charge is 0.493 e. The molecule has 5 aromatic rings. The van der Waals surface area contributed by atoms with E-state index in [1.54, 1.807) is 21.3 Å². The molecule has 268 valence electrons. The van der Waals surface area contributed by atoms with E-state index in [9.17, 15) is 9.90 Å². The van der Waals surface area contributed by atoms with Gasteiger partial charge in [0.05, 0.1) is 44.3 Å². The minimum atomic E-state index is -0.580. The fourth-order valence-corrected chi connectivity index (χ4v) is 7.76. The third-order valence-corrected chi connectivity index (χ3v) is 10.5. The van der Waals surface area contributed by atoms with E-state index in [1.807, 2.05) is 65.6 Å². The van der Waals surface area contributed by atoms with E-state index >= 15 is 0 Å². The van der Waals surface area contributed by atoms with Crippen LogP contribution in [0.25, 0.3) is 11.0 Å². The summed E-state index contributed by atoms with van der Waals surface area (Å²) in [6, 6.07) is 26.3. The van der Waals surface area contributed by atoms with Crippen LogP contribution in [0.4, 0.5) is 5.95 Å². The van der Waals surface area contributed by atoms with Crippen molar-refractivity contribution in [2.75, 3.05) is 52.8 Å². The number of hydrogen-bond acceptors (Lipinski definition) is 9. The first-order chi connectivity index (χ1) is 24.9. The number of aliphatic hydroxyl groups is 1. The molecule has 2 aliphatic rings. The molecule has 11 nitrogen and oxygen atoms in total. The van der Waals surface area contributed by atoms with Gasteiger partial charge >= 0.3 is 0 Å². The fourth-order valence-electron chi connectivity index (χ4n) is 7.76. The van der Waals surface area contributed by atoms with Gasteiger partial charge in [-0.15, -0.1) is 0 Å². The number of rotatable bonds is 14. The van der Waals surface area contributed by atoms with Gasteiger partial charge in [-0.2, -0.15) is 0 Å². The van der Waals surface area contributed by atoms with E-state index < -0.39 is 5.41 Å². The summed E-state index contributed by atoms with van der Waals surface area (Å²) in [5, 5.41) is 13.2. The van der Waals surface area contributed by atoms with Crippen molar-refractivity contribution in [2.24, 2.45) is 0 Å². The number of aliphatic hydroxyl groups excluding tert-OH is 1. The van der Waals surface area contributed by atoms with Gasteiger partial charge in [-0.25, -0.2) is 4.98 Å². The zero-order chi connectivity index (χ0) is 35.4. The third-order valence-electron chi connectivity index (χ3n) is 10.5. The molecule has 0 aliphatic carbocycles. The van der Waals surface area contributed by atoms with E-state index in [2.05, 4.69) is 33.0 Å². The predicted molar refractivity (Wildman–Crippen MR) is 195 cm³/mol. The zero-order valence-corrected chi connectivity index (χ0v) is 29.6. The molecule has 2 aromatic heterocycles. The van der Waals surface area contributed by atoms with Crippen molar-refractivity contribution in [2.45, 2.75) is 56.8 Å².